The lowest BCUT2D eigenvalue weighted by molar-refractivity contribution is 0.0925. The molecule has 6 heteroatoms. The molecule has 0 saturated heterocycles. The van der Waals surface area contributed by atoms with Crippen molar-refractivity contribution in [1.29, 1.82) is 0 Å². The third-order valence-corrected chi connectivity index (χ3v) is 6.40. The smallest absolute Gasteiger partial charge is 0.118 e. The first-order valence-corrected chi connectivity index (χ1v) is 11.6. The Balaban J connectivity index is 1.43. The minimum atomic E-state index is 0.249. The number of nitrogens with zero attached hydrogens (tertiary/aromatic N) is 4. The summed E-state index contributed by atoms with van der Waals surface area (Å²) < 4.78 is 13.8. The fourth-order valence-corrected chi connectivity index (χ4v) is 4.57. The summed E-state index contributed by atoms with van der Waals surface area (Å²) >= 11 is 0. The van der Waals surface area contributed by atoms with Gasteiger partial charge in [0.1, 0.15) is 11.6 Å². The first kappa shape index (κ1) is 22.2. The molecule has 0 unspecified atom stereocenters. The summed E-state index contributed by atoms with van der Waals surface area (Å²) in [4.78, 5) is 11.4. The van der Waals surface area contributed by atoms with Crippen molar-refractivity contribution in [1.82, 2.24) is 14.5 Å². The number of anilines is 1. The molecule has 0 fully saturated rings. The molecule has 0 N–H and O–H groups in total. The summed E-state index contributed by atoms with van der Waals surface area (Å²) in [5, 5.41) is 0. The van der Waals surface area contributed by atoms with Gasteiger partial charge in [0.25, 0.3) is 0 Å². The maximum absolute atomic E-state index is 6.17. The number of benzene rings is 2. The van der Waals surface area contributed by atoms with Crippen molar-refractivity contribution >= 4 is 5.69 Å². The van der Waals surface area contributed by atoms with Gasteiger partial charge in [0.15, 0.2) is 0 Å². The van der Waals surface area contributed by atoms with Crippen molar-refractivity contribution in [2.45, 2.75) is 25.5 Å². The molecule has 0 spiro atoms. The zero-order valence-electron chi connectivity index (χ0n) is 19.9. The summed E-state index contributed by atoms with van der Waals surface area (Å²) in [6.07, 6.45) is 5.67. The highest BCUT2D eigenvalue weighted by Crippen LogP contribution is 2.40. The molecule has 174 valence electrons. The number of methoxy groups -OCH3 is 1. The third-order valence-electron chi connectivity index (χ3n) is 6.40. The third kappa shape index (κ3) is 4.41. The van der Waals surface area contributed by atoms with E-state index in [1.807, 2.05) is 36.7 Å². The molecule has 1 atom stereocenters. The number of aryl methyl sites for hydroxylation is 1. The predicted octanol–water partition coefficient (Wildman–Crippen LogP) is 5.39. The lowest BCUT2D eigenvalue weighted by atomic mass is 10.0. The molecule has 0 amide bonds. The second-order valence-electron chi connectivity index (χ2n) is 8.83. The highest BCUT2D eigenvalue weighted by molar-refractivity contribution is 5.80. The van der Waals surface area contributed by atoms with Crippen LogP contribution in [-0.4, -0.2) is 42.3 Å². The van der Waals surface area contributed by atoms with Crippen molar-refractivity contribution in [2.75, 3.05) is 32.7 Å². The van der Waals surface area contributed by atoms with E-state index >= 15 is 0 Å². The zero-order valence-corrected chi connectivity index (χ0v) is 19.9. The molecule has 0 saturated carbocycles. The number of aromatic nitrogens is 3. The minimum absolute atomic E-state index is 0.249. The van der Waals surface area contributed by atoms with Crippen LogP contribution < -0.4 is 9.64 Å². The maximum atomic E-state index is 6.17. The Hall–Kier alpha value is -3.64. The monoisotopic (exact) mass is 454 g/mol. The minimum Gasteiger partial charge on any atom is -0.497 e. The number of rotatable bonds is 8. The Kier molecular flexibility index (Phi) is 6.32. The molecule has 34 heavy (non-hydrogen) atoms. The number of imidazole rings is 1. The molecule has 0 radical (unpaired) electrons. The van der Waals surface area contributed by atoms with E-state index in [9.17, 15) is 0 Å². The van der Waals surface area contributed by atoms with E-state index in [-0.39, 0.29) is 6.04 Å². The summed E-state index contributed by atoms with van der Waals surface area (Å²) in [5.74, 6) is 1.98. The summed E-state index contributed by atoms with van der Waals surface area (Å²) in [7, 11) is 5.79. The second-order valence-corrected chi connectivity index (χ2v) is 8.83. The van der Waals surface area contributed by atoms with Crippen molar-refractivity contribution in [3.63, 3.8) is 0 Å². The molecule has 5 rings (SSSR count). The Morgan fingerprint density at radius 3 is 2.35 bits per heavy atom. The Labute approximate surface area is 200 Å². The van der Waals surface area contributed by atoms with E-state index in [0.29, 0.717) is 13.2 Å². The fraction of sp³-hybridized carbons (Fsp3) is 0.286. The molecule has 4 aromatic rings. The van der Waals surface area contributed by atoms with Gasteiger partial charge in [-0.1, -0.05) is 24.3 Å². The van der Waals surface area contributed by atoms with Crippen molar-refractivity contribution in [3.8, 4) is 28.3 Å². The molecule has 2 aromatic heterocycles. The van der Waals surface area contributed by atoms with Crippen LogP contribution >= 0.6 is 0 Å². The van der Waals surface area contributed by atoms with Crippen LogP contribution in [0.5, 0.6) is 5.75 Å². The van der Waals surface area contributed by atoms with Crippen LogP contribution in [0.2, 0.25) is 0 Å². The van der Waals surface area contributed by atoms with Crippen molar-refractivity contribution in [2.24, 2.45) is 0 Å². The van der Waals surface area contributed by atoms with Gasteiger partial charge >= 0.3 is 0 Å². The first-order valence-electron chi connectivity index (χ1n) is 11.6. The quantitative estimate of drug-likeness (QED) is 0.357. The molecule has 0 bridgehead atoms. The van der Waals surface area contributed by atoms with Gasteiger partial charge in [0, 0.05) is 49.7 Å². The second kappa shape index (κ2) is 9.69. The normalized spacial score (nSPS) is 14.7. The SMILES string of the molecule is COc1ccc(COC[C@@H]2CCc3nc(-c4ccc(N(C)C)cc4)c(-c4ccncc4)n32)cc1. The van der Waals surface area contributed by atoms with Crippen LogP contribution in [0, 0.1) is 0 Å². The highest BCUT2D eigenvalue weighted by atomic mass is 16.5. The molecule has 6 nitrogen and oxygen atoms in total. The van der Waals surface area contributed by atoms with E-state index in [4.69, 9.17) is 14.5 Å². The summed E-state index contributed by atoms with van der Waals surface area (Å²) in [5.41, 5.74) is 6.73. The van der Waals surface area contributed by atoms with E-state index in [2.05, 4.69) is 64.9 Å². The van der Waals surface area contributed by atoms with E-state index in [1.165, 1.54) is 5.69 Å². The zero-order chi connectivity index (χ0) is 23.5. The largest absolute Gasteiger partial charge is 0.497 e. The molecule has 2 aromatic carbocycles. The standard InChI is InChI=1S/C28H30N4O2/c1-31(2)23-8-6-21(7-9-23)27-28(22-14-16-29-17-15-22)32-24(10-13-26(32)30-27)19-34-18-20-4-11-25(33-3)12-5-20/h4-9,11-12,14-17,24H,10,13,18-19H2,1-3H3/t24-/m0/s1. The summed E-state index contributed by atoms with van der Waals surface area (Å²) in [6.45, 7) is 1.22. The van der Waals surface area contributed by atoms with E-state index in [0.717, 1.165) is 52.5 Å². The lowest BCUT2D eigenvalue weighted by Crippen LogP contribution is -2.13. The number of ether oxygens (including phenoxy) is 2. The topological polar surface area (TPSA) is 52.4 Å². The Morgan fingerprint density at radius 2 is 1.68 bits per heavy atom. The molecular formula is C28H30N4O2. The van der Waals surface area contributed by atoms with Gasteiger partial charge in [0.05, 0.1) is 37.8 Å². The van der Waals surface area contributed by atoms with E-state index in [1.54, 1.807) is 7.11 Å². The van der Waals surface area contributed by atoms with Gasteiger partial charge in [-0.2, -0.15) is 0 Å². The Morgan fingerprint density at radius 1 is 0.941 bits per heavy atom. The predicted molar refractivity (Wildman–Crippen MR) is 135 cm³/mol. The van der Waals surface area contributed by atoms with Gasteiger partial charge in [-0.15, -0.1) is 0 Å². The number of pyridine rings is 1. The van der Waals surface area contributed by atoms with Gasteiger partial charge < -0.3 is 18.9 Å². The molecule has 1 aliphatic heterocycles. The summed E-state index contributed by atoms with van der Waals surface area (Å²) in [6, 6.07) is 21.0. The van der Waals surface area contributed by atoms with Crippen molar-refractivity contribution in [3.05, 3.63) is 84.4 Å². The molecular weight excluding hydrogens is 424 g/mol. The number of hydrogen-bond donors (Lipinski definition) is 0. The van der Waals surface area contributed by atoms with Crippen LogP contribution in [0.4, 0.5) is 5.69 Å². The molecule has 1 aliphatic rings. The fourth-order valence-electron chi connectivity index (χ4n) is 4.57. The van der Waals surface area contributed by atoms with Gasteiger partial charge in [0.2, 0.25) is 0 Å². The highest BCUT2D eigenvalue weighted by Gasteiger charge is 2.30. The van der Waals surface area contributed by atoms with Gasteiger partial charge in [-0.3, -0.25) is 4.98 Å². The van der Waals surface area contributed by atoms with Crippen LogP contribution in [0.25, 0.3) is 22.5 Å². The van der Waals surface area contributed by atoms with E-state index < -0.39 is 0 Å². The maximum Gasteiger partial charge on any atom is 0.118 e. The Bertz CT molecular complexity index is 1230. The first-order chi connectivity index (χ1) is 16.6. The van der Waals surface area contributed by atoms with Crippen LogP contribution in [0.15, 0.2) is 73.1 Å². The van der Waals surface area contributed by atoms with Crippen LogP contribution in [-0.2, 0) is 17.8 Å². The number of hydrogen-bond acceptors (Lipinski definition) is 5. The lowest BCUT2D eigenvalue weighted by Gasteiger charge is -2.18. The van der Waals surface area contributed by atoms with Crippen molar-refractivity contribution < 1.29 is 9.47 Å². The average Bonchev–Trinajstić information content (AvgIpc) is 3.45. The molecule has 3 heterocycles. The van der Waals surface area contributed by atoms with Crippen LogP contribution in [0.1, 0.15) is 23.9 Å². The van der Waals surface area contributed by atoms with Gasteiger partial charge in [-0.05, 0) is 48.4 Å². The van der Waals surface area contributed by atoms with Gasteiger partial charge in [-0.25, -0.2) is 4.98 Å². The number of fused-ring (bicyclic) bond motifs is 1. The van der Waals surface area contributed by atoms with Crippen LogP contribution in [0.3, 0.4) is 0 Å². The molecule has 0 aliphatic carbocycles. The average molecular weight is 455 g/mol.